The first-order valence-electron chi connectivity index (χ1n) is 11.2. The second-order valence-electron chi connectivity index (χ2n) is 8.40. The van der Waals surface area contributed by atoms with Gasteiger partial charge in [-0.1, -0.05) is 6.92 Å². The number of hydrogen-bond acceptors (Lipinski definition) is 7. The van der Waals surface area contributed by atoms with E-state index in [1.807, 2.05) is 6.92 Å². The number of anilines is 2. The molecule has 36 heavy (non-hydrogen) atoms. The smallest absolute Gasteiger partial charge is 0.255 e. The van der Waals surface area contributed by atoms with E-state index in [0.29, 0.717) is 28.3 Å². The summed E-state index contributed by atoms with van der Waals surface area (Å²) in [4.78, 5) is 25.0. The lowest BCUT2D eigenvalue weighted by molar-refractivity contribution is 0.0962. The number of rotatable bonds is 6. The fourth-order valence-corrected chi connectivity index (χ4v) is 3.51. The van der Waals surface area contributed by atoms with Crippen molar-refractivity contribution in [1.82, 2.24) is 5.32 Å². The zero-order valence-electron chi connectivity index (χ0n) is 19.4. The van der Waals surface area contributed by atoms with Crippen LogP contribution in [0.1, 0.15) is 27.6 Å². The Labute approximate surface area is 207 Å². The van der Waals surface area contributed by atoms with E-state index in [2.05, 4.69) is 10.6 Å². The number of phenols is 1. The summed E-state index contributed by atoms with van der Waals surface area (Å²) in [5, 5.41) is 25.2. The zero-order valence-corrected chi connectivity index (χ0v) is 19.4. The van der Waals surface area contributed by atoms with E-state index in [9.17, 15) is 19.8 Å². The summed E-state index contributed by atoms with van der Waals surface area (Å²) in [5.74, 6) is 0.0429. The lowest BCUT2D eigenvalue weighted by Crippen LogP contribution is -2.33. The molecule has 4 rings (SSSR count). The number of aromatic hydroxyl groups is 1. The number of nitrogen functional groups attached to an aromatic ring is 1. The summed E-state index contributed by atoms with van der Waals surface area (Å²) in [6.45, 7) is 1.88. The topological polar surface area (TPSA) is 160 Å². The molecule has 3 aromatic carbocycles. The maximum Gasteiger partial charge on any atom is 0.255 e. The van der Waals surface area contributed by atoms with Crippen LogP contribution < -0.4 is 26.8 Å². The number of phenolic OH excluding ortho intramolecular Hbond substituents is 1. The Balaban J connectivity index is 1.36. The first-order valence-corrected chi connectivity index (χ1v) is 11.2. The minimum Gasteiger partial charge on any atom is -0.506 e. The number of benzene rings is 3. The van der Waals surface area contributed by atoms with Gasteiger partial charge < -0.3 is 37.1 Å². The molecule has 0 heterocycles. The van der Waals surface area contributed by atoms with Crippen LogP contribution in [0.15, 0.2) is 90.3 Å². The Morgan fingerprint density at radius 1 is 0.833 bits per heavy atom. The highest BCUT2D eigenvalue weighted by molar-refractivity contribution is 6.05. The van der Waals surface area contributed by atoms with Crippen molar-refractivity contribution in [3.63, 3.8) is 0 Å². The molecule has 184 valence electrons. The second kappa shape index (κ2) is 10.2. The fraction of sp³-hybridized carbons (Fsp3) is 0.111. The van der Waals surface area contributed by atoms with Gasteiger partial charge in [-0.15, -0.1) is 0 Å². The molecule has 0 radical (unpaired) electrons. The van der Waals surface area contributed by atoms with Crippen molar-refractivity contribution < 1.29 is 24.5 Å². The number of carbonyl (C=O) groups excluding carboxylic acids is 2. The van der Waals surface area contributed by atoms with Crippen molar-refractivity contribution in [3.05, 3.63) is 101 Å². The summed E-state index contributed by atoms with van der Waals surface area (Å²) >= 11 is 0. The number of aliphatic hydroxyl groups is 1. The van der Waals surface area contributed by atoms with Crippen LogP contribution >= 0.6 is 0 Å². The average Bonchev–Trinajstić information content (AvgIpc) is 2.85. The molecule has 0 spiro atoms. The molecule has 1 aliphatic carbocycles. The van der Waals surface area contributed by atoms with Gasteiger partial charge in [0.1, 0.15) is 23.0 Å². The molecule has 2 unspecified atom stereocenters. The van der Waals surface area contributed by atoms with Gasteiger partial charge in [0.25, 0.3) is 11.8 Å². The van der Waals surface area contributed by atoms with E-state index >= 15 is 0 Å². The summed E-state index contributed by atoms with van der Waals surface area (Å²) in [5.41, 5.74) is 13.3. The number of nitrogens with two attached hydrogens (primary N) is 2. The lowest BCUT2D eigenvalue weighted by Gasteiger charge is -2.21. The molecule has 0 saturated heterocycles. The van der Waals surface area contributed by atoms with Crippen LogP contribution in [-0.2, 0) is 0 Å². The van der Waals surface area contributed by atoms with Gasteiger partial charge in [0.05, 0.1) is 11.4 Å². The van der Waals surface area contributed by atoms with Crippen molar-refractivity contribution in [2.24, 2.45) is 11.7 Å². The Hall–Kier alpha value is -4.76. The van der Waals surface area contributed by atoms with Crippen LogP contribution in [0.4, 0.5) is 11.4 Å². The normalized spacial score (nSPS) is 16.9. The molecule has 0 bridgehead atoms. The van der Waals surface area contributed by atoms with Gasteiger partial charge in [-0.3, -0.25) is 9.59 Å². The lowest BCUT2D eigenvalue weighted by atomic mass is 9.95. The molecule has 2 amide bonds. The minimum atomic E-state index is -0.415. The zero-order chi connectivity index (χ0) is 25.8. The number of amides is 2. The molecule has 3 aromatic rings. The summed E-state index contributed by atoms with van der Waals surface area (Å²) < 4.78 is 5.80. The second-order valence-corrected chi connectivity index (χ2v) is 8.40. The van der Waals surface area contributed by atoms with Crippen LogP contribution in [0, 0.1) is 5.92 Å². The van der Waals surface area contributed by atoms with E-state index in [1.165, 1.54) is 18.2 Å². The third-order valence-electron chi connectivity index (χ3n) is 5.65. The van der Waals surface area contributed by atoms with Gasteiger partial charge >= 0.3 is 0 Å². The van der Waals surface area contributed by atoms with Crippen LogP contribution in [-0.4, -0.2) is 28.1 Å². The summed E-state index contributed by atoms with van der Waals surface area (Å²) in [6.07, 6.45) is 3.23. The molecule has 0 fully saturated rings. The van der Waals surface area contributed by atoms with Crippen molar-refractivity contribution in [3.8, 4) is 17.2 Å². The van der Waals surface area contributed by atoms with Crippen LogP contribution in [0.3, 0.4) is 0 Å². The number of aliphatic hydroxyl groups excluding tert-OH is 1. The largest absolute Gasteiger partial charge is 0.506 e. The van der Waals surface area contributed by atoms with Crippen molar-refractivity contribution in [2.45, 2.75) is 13.0 Å². The fourth-order valence-electron chi connectivity index (χ4n) is 3.51. The van der Waals surface area contributed by atoms with Crippen molar-refractivity contribution in [2.75, 3.05) is 11.1 Å². The van der Waals surface area contributed by atoms with Crippen LogP contribution in [0.5, 0.6) is 17.2 Å². The van der Waals surface area contributed by atoms with Gasteiger partial charge in [-0.25, -0.2) is 0 Å². The van der Waals surface area contributed by atoms with Crippen LogP contribution in [0.25, 0.3) is 0 Å². The SMILES string of the molecule is CC1C=C(O)C(NC(=O)c2ccc(Oc3ccc(C(=O)Nc4cc(N)ccc4O)cc3)cc2)=CC1N. The highest BCUT2D eigenvalue weighted by Gasteiger charge is 2.20. The molecular weight excluding hydrogens is 460 g/mol. The third-order valence-corrected chi connectivity index (χ3v) is 5.65. The summed E-state index contributed by atoms with van der Waals surface area (Å²) in [6, 6.07) is 17.0. The Kier molecular flexibility index (Phi) is 6.93. The first-order chi connectivity index (χ1) is 17.2. The summed E-state index contributed by atoms with van der Waals surface area (Å²) in [7, 11) is 0. The molecule has 9 nitrogen and oxygen atoms in total. The molecule has 1 aliphatic rings. The third kappa shape index (κ3) is 5.65. The van der Waals surface area contributed by atoms with Crippen molar-refractivity contribution >= 4 is 23.2 Å². The highest BCUT2D eigenvalue weighted by atomic mass is 16.5. The van der Waals surface area contributed by atoms with Crippen LogP contribution in [0.2, 0.25) is 0 Å². The van der Waals surface area contributed by atoms with E-state index in [1.54, 1.807) is 60.7 Å². The molecule has 8 N–H and O–H groups in total. The average molecular weight is 487 g/mol. The van der Waals surface area contributed by atoms with Gasteiger partial charge in [0.2, 0.25) is 0 Å². The van der Waals surface area contributed by atoms with E-state index in [0.717, 1.165) is 0 Å². The molecule has 0 saturated carbocycles. The maximum atomic E-state index is 12.6. The predicted octanol–water partition coefficient (Wildman–Crippen LogP) is 4.05. The van der Waals surface area contributed by atoms with E-state index in [4.69, 9.17) is 16.2 Å². The maximum absolute atomic E-state index is 12.6. The quantitative estimate of drug-likeness (QED) is 0.174. The monoisotopic (exact) mass is 486 g/mol. The number of carbonyl (C=O) groups is 2. The molecule has 9 heteroatoms. The van der Waals surface area contributed by atoms with Gasteiger partial charge in [0, 0.05) is 22.9 Å². The highest BCUT2D eigenvalue weighted by Crippen LogP contribution is 2.27. The number of hydrogen-bond donors (Lipinski definition) is 6. The van der Waals surface area contributed by atoms with Gasteiger partial charge in [0.15, 0.2) is 0 Å². The Morgan fingerprint density at radius 2 is 1.39 bits per heavy atom. The number of nitrogens with one attached hydrogen (secondary N) is 2. The Bertz CT molecular complexity index is 1350. The van der Waals surface area contributed by atoms with Gasteiger partial charge in [-0.05, 0) is 84.8 Å². The molecule has 0 aromatic heterocycles. The Morgan fingerprint density at radius 3 is 1.97 bits per heavy atom. The first kappa shape index (κ1) is 24.4. The standard InChI is InChI=1S/C27H26N4O5/c1-15-12-25(33)23(14-21(15)29)31-27(35)17-4-9-20(10-5-17)36-19-7-2-16(3-8-19)26(34)30-22-13-18(28)6-11-24(22)32/h2-15,21,32-33H,28-29H2,1H3,(H,30,34)(H,31,35). The van der Waals surface area contributed by atoms with E-state index < -0.39 is 11.8 Å². The minimum absolute atomic E-state index is 0.0145. The predicted molar refractivity (Wildman–Crippen MR) is 137 cm³/mol. The van der Waals surface area contributed by atoms with Gasteiger partial charge in [-0.2, -0.15) is 0 Å². The van der Waals surface area contributed by atoms with E-state index in [-0.39, 0.29) is 34.9 Å². The van der Waals surface area contributed by atoms with Crippen molar-refractivity contribution in [1.29, 1.82) is 0 Å². The number of ether oxygens (including phenoxy) is 1. The molecule has 0 aliphatic heterocycles. The molecular formula is C27H26N4O5. The molecule has 2 atom stereocenters.